The normalized spacial score (nSPS) is 21.5. The first-order chi connectivity index (χ1) is 15.7. The van der Waals surface area contributed by atoms with Crippen LogP contribution in [0.4, 0.5) is 0 Å². The third-order valence-corrected chi connectivity index (χ3v) is 6.83. The van der Waals surface area contributed by atoms with E-state index in [1.54, 1.807) is 19.1 Å². The van der Waals surface area contributed by atoms with Crippen molar-refractivity contribution in [2.75, 3.05) is 6.54 Å². The van der Waals surface area contributed by atoms with E-state index in [0.29, 0.717) is 17.9 Å². The fourth-order valence-electron chi connectivity index (χ4n) is 4.28. The largest absolute Gasteiger partial charge is 0.352 e. The van der Waals surface area contributed by atoms with E-state index in [1.165, 1.54) is 9.80 Å². The van der Waals surface area contributed by atoms with E-state index in [-0.39, 0.29) is 61.0 Å². The number of allylic oxidation sites excluding steroid dienone is 2. The summed E-state index contributed by atoms with van der Waals surface area (Å²) in [5.41, 5.74) is 0.835. The van der Waals surface area contributed by atoms with Crippen LogP contribution in [0.1, 0.15) is 52.0 Å². The molecule has 1 N–H and O–H groups in total. The number of hydrogen-bond acceptors (Lipinski definition) is 4. The molecule has 33 heavy (non-hydrogen) atoms. The Morgan fingerprint density at radius 3 is 2.21 bits per heavy atom. The number of amides is 4. The van der Waals surface area contributed by atoms with Gasteiger partial charge in [0.05, 0.1) is 11.8 Å². The van der Waals surface area contributed by atoms with Crippen molar-refractivity contribution in [3.8, 4) is 0 Å². The molecule has 0 radical (unpaired) electrons. The van der Waals surface area contributed by atoms with Crippen molar-refractivity contribution in [3.05, 3.63) is 47.0 Å². The summed E-state index contributed by atoms with van der Waals surface area (Å²) in [5, 5.41) is 3.51. The van der Waals surface area contributed by atoms with Gasteiger partial charge in [0.25, 0.3) is 0 Å². The van der Waals surface area contributed by atoms with Gasteiger partial charge in [-0.3, -0.25) is 24.1 Å². The van der Waals surface area contributed by atoms with Crippen LogP contribution in [0, 0.1) is 11.8 Å². The number of rotatable bonds is 9. The second-order valence-electron chi connectivity index (χ2n) is 8.88. The molecule has 1 saturated heterocycles. The van der Waals surface area contributed by atoms with Crippen LogP contribution < -0.4 is 5.32 Å². The molecule has 8 heteroatoms. The van der Waals surface area contributed by atoms with E-state index in [9.17, 15) is 19.2 Å². The Hall–Kier alpha value is -2.67. The molecule has 4 amide bonds. The molecular weight excluding hydrogens is 442 g/mol. The molecule has 1 aliphatic carbocycles. The SMILES string of the molecule is CC[C@H](C)NC(=O)[C@H](C)N(Cc1ccc(Cl)cc1)C(=O)CCN1C(=O)[C@H]2CC=CC[C@H]2C1=O. The highest BCUT2D eigenvalue weighted by molar-refractivity contribution is 6.30. The van der Waals surface area contributed by atoms with Crippen LogP contribution in [-0.2, 0) is 25.7 Å². The molecule has 0 bridgehead atoms. The highest BCUT2D eigenvalue weighted by atomic mass is 35.5. The molecule has 7 nitrogen and oxygen atoms in total. The van der Waals surface area contributed by atoms with E-state index in [2.05, 4.69) is 5.32 Å². The maximum Gasteiger partial charge on any atom is 0.242 e. The van der Waals surface area contributed by atoms with Gasteiger partial charge in [-0.2, -0.15) is 0 Å². The molecule has 178 valence electrons. The van der Waals surface area contributed by atoms with Gasteiger partial charge >= 0.3 is 0 Å². The van der Waals surface area contributed by atoms with Crippen molar-refractivity contribution in [1.82, 2.24) is 15.1 Å². The highest BCUT2D eigenvalue weighted by Crippen LogP contribution is 2.35. The van der Waals surface area contributed by atoms with Crippen LogP contribution in [0.3, 0.4) is 0 Å². The van der Waals surface area contributed by atoms with Gasteiger partial charge < -0.3 is 10.2 Å². The lowest BCUT2D eigenvalue weighted by Gasteiger charge is -2.30. The monoisotopic (exact) mass is 473 g/mol. The molecule has 1 aromatic carbocycles. The van der Waals surface area contributed by atoms with E-state index in [0.717, 1.165) is 12.0 Å². The third kappa shape index (κ3) is 5.82. The molecule has 1 heterocycles. The lowest BCUT2D eigenvalue weighted by atomic mass is 9.85. The van der Waals surface area contributed by atoms with Gasteiger partial charge in [0.1, 0.15) is 6.04 Å². The van der Waals surface area contributed by atoms with E-state index < -0.39 is 6.04 Å². The predicted molar refractivity (Wildman–Crippen MR) is 126 cm³/mol. The lowest BCUT2D eigenvalue weighted by molar-refractivity contribution is -0.143. The zero-order chi connectivity index (χ0) is 24.1. The smallest absolute Gasteiger partial charge is 0.242 e. The van der Waals surface area contributed by atoms with Gasteiger partial charge in [-0.15, -0.1) is 0 Å². The summed E-state index contributed by atoms with van der Waals surface area (Å²) in [6.45, 7) is 5.83. The number of carbonyl (C=O) groups excluding carboxylic acids is 4. The van der Waals surface area contributed by atoms with Crippen molar-refractivity contribution in [1.29, 1.82) is 0 Å². The molecule has 0 unspecified atom stereocenters. The molecule has 2 aliphatic rings. The van der Waals surface area contributed by atoms with Gasteiger partial charge in [0.2, 0.25) is 23.6 Å². The molecule has 0 aromatic heterocycles. The topological polar surface area (TPSA) is 86.8 Å². The second-order valence-corrected chi connectivity index (χ2v) is 9.31. The number of likely N-dealkylation sites (tertiary alicyclic amines) is 1. The van der Waals surface area contributed by atoms with Crippen LogP contribution in [-0.4, -0.2) is 52.1 Å². The average Bonchev–Trinajstić information content (AvgIpc) is 3.06. The fraction of sp³-hybridized carbons (Fsp3) is 0.520. The van der Waals surface area contributed by atoms with Crippen LogP contribution >= 0.6 is 11.6 Å². The minimum Gasteiger partial charge on any atom is -0.352 e. The quantitative estimate of drug-likeness (QED) is 0.440. The summed E-state index contributed by atoms with van der Waals surface area (Å²) in [6.07, 6.45) is 5.75. The predicted octanol–water partition coefficient (Wildman–Crippen LogP) is 3.31. The zero-order valence-electron chi connectivity index (χ0n) is 19.4. The number of benzene rings is 1. The fourth-order valence-corrected chi connectivity index (χ4v) is 4.40. The molecule has 3 rings (SSSR count). The number of hydrogen-bond donors (Lipinski definition) is 1. The van der Waals surface area contributed by atoms with Crippen molar-refractivity contribution in [3.63, 3.8) is 0 Å². The maximum absolute atomic E-state index is 13.3. The minimum atomic E-state index is -0.709. The summed E-state index contributed by atoms with van der Waals surface area (Å²) in [4.78, 5) is 54.2. The van der Waals surface area contributed by atoms with Gasteiger partial charge in [0, 0.05) is 30.6 Å². The first kappa shape index (κ1) is 25.0. The molecule has 1 aliphatic heterocycles. The Morgan fingerprint density at radius 1 is 1.09 bits per heavy atom. The van der Waals surface area contributed by atoms with Crippen LogP contribution in [0.2, 0.25) is 5.02 Å². The number of nitrogens with zero attached hydrogens (tertiary/aromatic N) is 2. The Bertz CT molecular complexity index is 904. The Kier molecular flexibility index (Phi) is 8.30. The standard InChI is InChI=1S/C25H32ClN3O4/c1-4-16(2)27-23(31)17(3)29(15-18-9-11-19(26)12-10-18)22(30)13-14-28-24(32)20-7-5-6-8-21(20)25(28)33/h5-6,9-12,16-17,20-21H,4,7-8,13-15H2,1-3H3,(H,27,31)/t16-,17-,20-,21+/m0/s1. The Balaban J connectivity index is 1.71. The van der Waals surface area contributed by atoms with Crippen molar-refractivity contribution in [2.24, 2.45) is 11.8 Å². The van der Waals surface area contributed by atoms with E-state index in [4.69, 9.17) is 11.6 Å². The molecule has 0 spiro atoms. The highest BCUT2D eigenvalue weighted by Gasteiger charge is 2.47. The molecule has 1 fully saturated rings. The molecule has 1 aromatic rings. The molecular formula is C25H32ClN3O4. The minimum absolute atomic E-state index is 0.00997. The number of fused-ring (bicyclic) bond motifs is 1. The van der Waals surface area contributed by atoms with Gasteiger partial charge in [-0.25, -0.2) is 0 Å². The zero-order valence-corrected chi connectivity index (χ0v) is 20.2. The van der Waals surface area contributed by atoms with Gasteiger partial charge in [0.15, 0.2) is 0 Å². The third-order valence-electron chi connectivity index (χ3n) is 6.58. The van der Waals surface area contributed by atoms with E-state index >= 15 is 0 Å². The first-order valence-corrected chi connectivity index (χ1v) is 11.9. The molecule has 0 saturated carbocycles. The lowest BCUT2D eigenvalue weighted by Crippen LogP contribution is -2.50. The summed E-state index contributed by atoms with van der Waals surface area (Å²) in [7, 11) is 0. The number of carbonyl (C=O) groups is 4. The Morgan fingerprint density at radius 2 is 1.67 bits per heavy atom. The summed E-state index contributed by atoms with van der Waals surface area (Å²) >= 11 is 5.98. The van der Waals surface area contributed by atoms with Gasteiger partial charge in [-0.1, -0.05) is 42.8 Å². The summed E-state index contributed by atoms with van der Waals surface area (Å²) in [6, 6.07) is 6.38. The van der Waals surface area contributed by atoms with Crippen LogP contribution in [0.5, 0.6) is 0 Å². The summed E-state index contributed by atoms with van der Waals surface area (Å²) in [5.74, 6) is -1.56. The van der Waals surface area contributed by atoms with E-state index in [1.807, 2.05) is 38.1 Å². The maximum atomic E-state index is 13.3. The average molecular weight is 474 g/mol. The first-order valence-electron chi connectivity index (χ1n) is 11.6. The number of halogens is 1. The second kappa shape index (κ2) is 11.0. The van der Waals surface area contributed by atoms with Crippen molar-refractivity contribution >= 4 is 35.2 Å². The van der Waals surface area contributed by atoms with Crippen LogP contribution in [0.15, 0.2) is 36.4 Å². The van der Waals surface area contributed by atoms with Gasteiger partial charge in [-0.05, 0) is 50.8 Å². The van der Waals surface area contributed by atoms with Crippen molar-refractivity contribution in [2.45, 2.75) is 65.1 Å². The van der Waals surface area contributed by atoms with Crippen molar-refractivity contribution < 1.29 is 19.2 Å². The Labute approximate surface area is 200 Å². The number of imide groups is 1. The van der Waals surface area contributed by atoms with Crippen LogP contribution in [0.25, 0.3) is 0 Å². The summed E-state index contributed by atoms with van der Waals surface area (Å²) < 4.78 is 0. The molecule has 4 atom stereocenters. The number of nitrogens with one attached hydrogen (secondary N) is 1.